The van der Waals surface area contributed by atoms with Gasteiger partial charge in [-0.25, -0.2) is 31.7 Å². The van der Waals surface area contributed by atoms with Crippen LogP contribution in [0.1, 0.15) is 16.7 Å². The SMILES string of the molecule is O=c1[nH]cc(F)cc1Cn1c(=O)nc(Nc2cc3c(cc2Cl)OCC3)n(Cc2cc(F)c(F)c(F)c2)c1=O. The number of benzene rings is 2. The zero-order valence-corrected chi connectivity index (χ0v) is 19.9. The van der Waals surface area contributed by atoms with E-state index in [4.69, 9.17) is 16.3 Å². The van der Waals surface area contributed by atoms with Crippen molar-refractivity contribution in [3.8, 4) is 5.75 Å². The Bertz CT molecular complexity index is 1750. The van der Waals surface area contributed by atoms with E-state index in [1.165, 1.54) is 6.07 Å². The van der Waals surface area contributed by atoms with Gasteiger partial charge in [-0.1, -0.05) is 11.6 Å². The Kier molecular flexibility index (Phi) is 6.53. The third kappa shape index (κ3) is 4.79. The van der Waals surface area contributed by atoms with E-state index >= 15 is 0 Å². The van der Waals surface area contributed by atoms with Crippen LogP contribution in [-0.2, 0) is 19.5 Å². The van der Waals surface area contributed by atoms with Gasteiger partial charge in [-0.15, -0.1) is 0 Å². The highest BCUT2D eigenvalue weighted by molar-refractivity contribution is 6.33. The second-order valence-corrected chi connectivity index (χ2v) is 8.79. The van der Waals surface area contributed by atoms with Crippen molar-refractivity contribution < 1.29 is 22.3 Å². The third-order valence-corrected chi connectivity index (χ3v) is 6.15. The number of aromatic amines is 1. The zero-order chi connectivity index (χ0) is 27.1. The number of ether oxygens (including phenoxy) is 1. The molecular formula is C24H16ClF4N5O4. The van der Waals surface area contributed by atoms with Crippen molar-refractivity contribution in [1.82, 2.24) is 19.1 Å². The van der Waals surface area contributed by atoms with Crippen molar-refractivity contribution in [2.45, 2.75) is 19.5 Å². The number of nitrogens with zero attached hydrogens (tertiary/aromatic N) is 3. The Labute approximate surface area is 214 Å². The molecule has 0 saturated carbocycles. The summed E-state index contributed by atoms with van der Waals surface area (Å²) in [6, 6.07) is 5.38. The van der Waals surface area contributed by atoms with E-state index in [0.717, 1.165) is 22.4 Å². The average molecular weight is 550 g/mol. The molecule has 0 aliphatic carbocycles. The maximum absolute atomic E-state index is 13.9. The minimum atomic E-state index is -1.69. The van der Waals surface area contributed by atoms with Gasteiger partial charge in [0.05, 0.1) is 30.4 Å². The maximum Gasteiger partial charge on any atom is 0.355 e. The van der Waals surface area contributed by atoms with Crippen LogP contribution >= 0.6 is 11.6 Å². The number of fused-ring (bicyclic) bond motifs is 1. The van der Waals surface area contributed by atoms with E-state index in [0.29, 0.717) is 35.5 Å². The Morgan fingerprint density at radius 3 is 2.47 bits per heavy atom. The molecule has 196 valence electrons. The summed E-state index contributed by atoms with van der Waals surface area (Å²) < 4.78 is 61.8. The Balaban J connectivity index is 1.64. The monoisotopic (exact) mass is 549 g/mol. The normalized spacial score (nSPS) is 12.3. The van der Waals surface area contributed by atoms with Crippen LogP contribution in [0.4, 0.5) is 29.2 Å². The predicted octanol–water partition coefficient (Wildman–Crippen LogP) is 3.08. The second kappa shape index (κ2) is 9.82. The Hall–Kier alpha value is -4.39. The number of H-pyrrole nitrogens is 1. The van der Waals surface area contributed by atoms with Gasteiger partial charge in [0.15, 0.2) is 17.5 Å². The highest BCUT2D eigenvalue weighted by atomic mass is 35.5. The molecular weight excluding hydrogens is 534 g/mol. The van der Waals surface area contributed by atoms with Crippen LogP contribution < -0.4 is 27.0 Å². The Morgan fingerprint density at radius 2 is 1.74 bits per heavy atom. The van der Waals surface area contributed by atoms with Crippen molar-refractivity contribution in [3.05, 3.63) is 113 Å². The first-order valence-corrected chi connectivity index (χ1v) is 11.4. The van der Waals surface area contributed by atoms with Crippen molar-refractivity contribution >= 4 is 23.2 Å². The summed E-state index contributed by atoms with van der Waals surface area (Å²) in [5.41, 5.74) is -2.27. The average Bonchev–Trinajstić information content (AvgIpc) is 3.31. The molecule has 1 aliphatic rings. The summed E-state index contributed by atoms with van der Waals surface area (Å²) >= 11 is 6.32. The first kappa shape index (κ1) is 25.3. The van der Waals surface area contributed by atoms with Crippen molar-refractivity contribution in [2.75, 3.05) is 11.9 Å². The fraction of sp³-hybridized carbons (Fsp3) is 0.167. The van der Waals surface area contributed by atoms with Gasteiger partial charge in [-0.05, 0) is 35.4 Å². The molecule has 0 saturated heterocycles. The summed E-state index contributed by atoms with van der Waals surface area (Å²) in [4.78, 5) is 44.4. The molecule has 2 N–H and O–H groups in total. The number of pyridine rings is 1. The topological polar surface area (TPSA) is 111 Å². The molecule has 38 heavy (non-hydrogen) atoms. The number of anilines is 2. The van der Waals surface area contributed by atoms with Gasteiger partial charge in [0.2, 0.25) is 5.95 Å². The van der Waals surface area contributed by atoms with E-state index in [1.807, 2.05) is 0 Å². The standard InChI is InChI=1S/C24H16ClF4N5O4/c25-15-7-19-12(1-2-38-19)6-18(15)31-22-32-23(36)34(10-13-5-14(26)8-30-21(13)35)24(37)33(22)9-11-3-16(27)20(29)17(28)4-11/h3-8H,1-2,9-10H2,(H,30,35)(H,31,32,36). The fourth-order valence-corrected chi connectivity index (χ4v) is 4.19. The molecule has 0 radical (unpaired) electrons. The van der Waals surface area contributed by atoms with E-state index in [2.05, 4.69) is 15.3 Å². The molecule has 2 aromatic heterocycles. The molecule has 0 amide bonds. The second-order valence-electron chi connectivity index (χ2n) is 8.38. The molecule has 0 spiro atoms. The van der Waals surface area contributed by atoms with Gasteiger partial charge < -0.3 is 15.0 Å². The summed E-state index contributed by atoms with van der Waals surface area (Å²) in [7, 11) is 0. The zero-order valence-electron chi connectivity index (χ0n) is 19.2. The molecule has 5 rings (SSSR count). The number of aromatic nitrogens is 4. The molecule has 0 unspecified atom stereocenters. The minimum absolute atomic E-state index is 0.167. The fourth-order valence-electron chi connectivity index (χ4n) is 3.99. The van der Waals surface area contributed by atoms with E-state index in [-0.39, 0.29) is 27.8 Å². The van der Waals surface area contributed by atoms with Gasteiger partial charge in [0, 0.05) is 24.2 Å². The summed E-state index contributed by atoms with van der Waals surface area (Å²) in [5, 5.41) is 2.95. The Morgan fingerprint density at radius 1 is 1.00 bits per heavy atom. The first-order chi connectivity index (χ1) is 18.1. The molecule has 1 aliphatic heterocycles. The lowest BCUT2D eigenvalue weighted by atomic mass is 10.1. The lowest BCUT2D eigenvalue weighted by molar-refractivity contribution is 0.357. The van der Waals surface area contributed by atoms with Gasteiger partial charge >= 0.3 is 11.4 Å². The van der Waals surface area contributed by atoms with Crippen LogP contribution in [0.2, 0.25) is 5.02 Å². The molecule has 9 nitrogen and oxygen atoms in total. The molecule has 0 atom stereocenters. The summed E-state index contributed by atoms with van der Waals surface area (Å²) in [6.07, 6.45) is 1.39. The van der Waals surface area contributed by atoms with Crippen LogP contribution in [0.15, 0.2) is 50.9 Å². The lowest BCUT2D eigenvalue weighted by Crippen LogP contribution is -2.43. The number of nitrogens with one attached hydrogen (secondary N) is 2. The first-order valence-electron chi connectivity index (χ1n) is 11.0. The van der Waals surface area contributed by atoms with Crippen LogP contribution in [0.5, 0.6) is 5.75 Å². The van der Waals surface area contributed by atoms with Gasteiger partial charge in [-0.3, -0.25) is 9.36 Å². The quantitative estimate of drug-likeness (QED) is 0.282. The van der Waals surface area contributed by atoms with Crippen LogP contribution in [-0.4, -0.2) is 25.7 Å². The van der Waals surface area contributed by atoms with Gasteiger partial charge in [-0.2, -0.15) is 4.98 Å². The highest BCUT2D eigenvalue weighted by Crippen LogP contribution is 2.35. The number of hydrogen-bond acceptors (Lipinski definition) is 6. The third-order valence-electron chi connectivity index (χ3n) is 5.83. The van der Waals surface area contributed by atoms with Crippen LogP contribution in [0.25, 0.3) is 0 Å². The largest absolute Gasteiger partial charge is 0.493 e. The van der Waals surface area contributed by atoms with Crippen LogP contribution in [0.3, 0.4) is 0 Å². The minimum Gasteiger partial charge on any atom is -0.493 e. The summed E-state index contributed by atoms with van der Waals surface area (Å²) in [6.45, 7) is -0.774. The smallest absolute Gasteiger partial charge is 0.355 e. The number of halogens is 5. The molecule has 0 fully saturated rings. The molecule has 4 aromatic rings. The van der Waals surface area contributed by atoms with E-state index < -0.39 is 53.3 Å². The predicted molar refractivity (Wildman–Crippen MR) is 128 cm³/mol. The molecule has 2 aromatic carbocycles. The van der Waals surface area contributed by atoms with Gasteiger partial charge in [0.1, 0.15) is 11.6 Å². The number of hydrogen-bond donors (Lipinski definition) is 2. The van der Waals surface area contributed by atoms with Crippen molar-refractivity contribution in [2.24, 2.45) is 0 Å². The van der Waals surface area contributed by atoms with Gasteiger partial charge in [0.25, 0.3) is 5.56 Å². The summed E-state index contributed by atoms with van der Waals surface area (Å²) in [5.74, 6) is -5.27. The molecule has 14 heteroatoms. The number of rotatable bonds is 6. The van der Waals surface area contributed by atoms with Crippen molar-refractivity contribution in [3.63, 3.8) is 0 Å². The van der Waals surface area contributed by atoms with Crippen molar-refractivity contribution in [1.29, 1.82) is 0 Å². The van der Waals surface area contributed by atoms with Crippen LogP contribution in [0, 0.1) is 23.3 Å². The molecule has 0 bridgehead atoms. The highest BCUT2D eigenvalue weighted by Gasteiger charge is 2.20. The van der Waals surface area contributed by atoms with E-state index in [1.54, 1.807) is 6.07 Å². The lowest BCUT2D eigenvalue weighted by Gasteiger charge is -2.17. The maximum atomic E-state index is 13.9. The van der Waals surface area contributed by atoms with E-state index in [9.17, 15) is 31.9 Å². The molecule has 3 heterocycles.